The van der Waals surface area contributed by atoms with E-state index in [0.29, 0.717) is 0 Å². The van der Waals surface area contributed by atoms with Gasteiger partial charge >= 0.3 is 0 Å². The lowest BCUT2D eigenvalue weighted by Crippen LogP contribution is -1.80. The highest BCUT2D eigenvalue weighted by Crippen LogP contribution is 2.31. The molecule has 0 aliphatic carbocycles. The summed E-state index contributed by atoms with van der Waals surface area (Å²) >= 11 is 3.65. The molecule has 66 valence electrons. The quantitative estimate of drug-likeness (QED) is 0.650. The Balaban J connectivity index is 2.88. The maximum atomic E-state index is 10.7. The Hall–Kier alpha value is -0.620. The van der Waals surface area contributed by atoms with E-state index in [1.165, 1.54) is 11.3 Å². The van der Waals surface area contributed by atoms with Crippen molar-refractivity contribution in [2.75, 3.05) is 5.73 Å². The molecule has 4 heteroatoms. The standard InChI is InChI=1S/C9H6INOS/c10-7-1-5-3-8(11)13-9(5)6(2-7)4-12/h1-4H,11H2. The highest BCUT2D eigenvalue weighted by molar-refractivity contribution is 14.1. The van der Waals surface area contributed by atoms with Crippen LogP contribution in [0, 0.1) is 3.57 Å². The van der Waals surface area contributed by atoms with Crippen molar-refractivity contribution >= 4 is 55.3 Å². The van der Waals surface area contributed by atoms with Crippen molar-refractivity contribution in [2.45, 2.75) is 0 Å². The van der Waals surface area contributed by atoms with Gasteiger partial charge < -0.3 is 5.73 Å². The lowest BCUT2D eigenvalue weighted by atomic mass is 10.2. The minimum Gasteiger partial charge on any atom is -0.391 e. The van der Waals surface area contributed by atoms with E-state index in [0.717, 1.165) is 30.5 Å². The second-order valence-corrected chi connectivity index (χ2v) is 5.01. The lowest BCUT2D eigenvalue weighted by Gasteiger charge is -1.94. The molecule has 2 nitrogen and oxygen atoms in total. The Kier molecular flexibility index (Phi) is 2.25. The number of fused-ring (bicyclic) bond motifs is 1. The van der Waals surface area contributed by atoms with E-state index < -0.39 is 0 Å². The molecule has 0 amide bonds. The predicted molar refractivity (Wildman–Crippen MR) is 64.3 cm³/mol. The van der Waals surface area contributed by atoms with Gasteiger partial charge in [0.25, 0.3) is 0 Å². The molecule has 0 radical (unpaired) electrons. The molecule has 0 saturated carbocycles. The fourth-order valence-electron chi connectivity index (χ4n) is 1.25. The molecule has 0 aliphatic rings. The van der Waals surface area contributed by atoms with E-state index >= 15 is 0 Å². The summed E-state index contributed by atoms with van der Waals surface area (Å²) in [5.74, 6) is 0. The molecular formula is C9H6INOS. The highest BCUT2D eigenvalue weighted by Gasteiger charge is 2.05. The first-order chi connectivity index (χ1) is 6.20. The van der Waals surface area contributed by atoms with Crippen molar-refractivity contribution in [1.82, 2.24) is 0 Å². The molecule has 2 aromatic rings. The third-order valence-electron chi connectivity index (χ3n) is 1.76. The van der Waals surface area contributed by atoms with Crippen molar-refractivity contribution in [3.8, 4) is 0 Å². The Morgan fingerprint density at radius 2 is 2.15 bits per heavy atom. The number of hydrogen-bond acceptors (Lipinski definition) is 3. The van der Waals surface area contributed by atoms with Gasteiger partial charge in [0.15, 0.2) is 6.29 Å². The molecule has 1 aromatic heterocycles. The van der Waals surface area contributed by atoms with Crippen LogP contribution in [0.15, 0.2) is 18.2 Å². The molecule has 13 heavy (non-hydrogen) atoms. The summed E-state index contributed by atoms with van der Waals surface area (Å²) in [4.78, 5) is 10.7. The van der Waals surface area contributed by atoms with Crippen molar-refractivity contribution < 1.29 is 4.79 Å². The normalized spacial score (nSPS) is 10.5. The molecule has 2 N–H and O–H groups in total. The zero-order chi connectivity index (χ0) is 9.42. The molecule has 0 spiro atoms. The maximum Gasteiger partial charge on any atom is 0.151 e. The van der Waals surface area contributed by atoms with Gasteiger partial charge in [-0.1, -0.05) is 0 Å². The third-order valence-corrected chi connectivity index (χ3v) is 3.41. The smallest absolute Gasteiger partial charge is 0.151 e. The first-order valence-corrected chi connectivity index (χ1v) is 5.54. The fourth-order valence-corrected chi connectivity index (χ4v) is 2.80. The zero-order valence-corrected chi connectivity index (χ0v) is 9.56. The Morgan fingerprint density at radius 1 is 1.38 bits per heavy atom. The van der Waals surface area contributed by atoms with Crippen LogP contribution in [-0.2, 0) is 0 Å². The van der Waals surface area contributed by atoms with E-state index in [-0.39, 0.29) is 0 Å². The number of thiophene rings is 1. The fraction of sp³-hybridized carbons (Fsp3) is 0. The first kappa shape index (κ1) is 8.96. The average molecular weight is 303 g/mol. The van der Waals surface area contributed by atoms with Crippen molar-refractivity contribution in [3.05, 3.63) is 27.3 Å². The summed E-state index contributed by atoms with van der Waals surface area (Å²) in [6, 6.07) is 5.79. The van der Waals surface area contributed by atoms with Crippen LogP contribution >= 0.6 is 33.9 Å². The summed E-state index contributed by atoms with van der Waals surface area (Å²) in [5.41, 5.74) is 6.39. The van der Waals surface area contributed by atoms with Crippen LogP contribution in [-0.4, -0.2) is 6.29 Å². The lowest BCUT2D eigenvalue weighted by molar-refractivity contribution is 0.112. The zero-order valence-electron chi connectivity index (χ0n) is 6.58. The molecule has 0 unspecified atom stereocenters. The van der Waals surface area contributed by atoms with Gasteiger partial charge in [0.1, 0.15) is 0 Å². The molecule has 1 heterocycles. The average Bonchev–Trinajstić information content (AvgIpc) is 2.43. The van der Waals surface area contributed by atoms with Gasteiger partial charge in [-0.2, -0.15) is 0 Å². The number of aldehydes is 1. The monoisotopic (exact) mass is 303 g/mol. The van der Waals surface area contributed by atoms with Crippen molar-refractivity contribution in [1.29, 1.82) is 0 Å². The van der Waals surface area contributed by atoms with Crippen molar-refractivity contribution in [2.24, 2.45) is 0 Å². The molecule has 0 saturated heterocycles. The van der Waals surface area contributed by atoms with Crippen LogP contribution in [0.4, 0.5) is 5.00 Å². The van der Waals surface area contributed by atoms with Gasteiger partial charge in [-0.3, -0.25) is 4.79 Å². The van der Waals surface area contributed by atoms with E-state index in [1.807, 2.05) is 18.2 Å². The van der Waals surface area contributed by atoms with Crippen LogP contribution in [0.3, 0.4) is 0 Å². The number of nitrogen functional groups attached to an aromatic ring is 1. The molecule has 0 aliphatic heterocycles. The van der Waals surface area contributed by atoms with Gasteiger partial charge in [0.2, 0.25) is 0 Å². The first-order valence-electron chi connectivity index (χ1n) is 3.64. The number of nitrogens with two attached hydrogens (primary N) is 1. The second kappa shape index (κ2) is 3.26. The highest BCUT2D eigenvalue weighted by atomic mass is 127. The third kappa shape index (κ3) is 1.55. The largest absolute Gasteiger partial charge is 0.391 e. The number of carbonyl (C=O) groups is 1. The summed E-state index contributed by atoms with van der Waals surface area (Å²) in [6.07, 6.45) is 0.875. The van der Waals surface area contributed by atoms with Gasteiger partial charge in [-0.05, 0) is 46.2 Å². The Labute approximate surface area is 92.9 Å². The summed E-state index contributed by atoms with van der Waals surface area (Å²) < 4.78 is 2.04. The molecular weight excluding hydrogens is 297 g/mol. The summed E-state index contributed by atoms with van der Waals surface area (Å²) in [6.45, 7) is 0. The van der Waals surface area contributed by atoms with Crippen LogP contribution < -0.4 is 5.73 Å². The Bertz CT molecular complexity index is 478. The van der Waals surface area contributed by atoms with E-state index in [9.17, 15) is 4.79 Å². The number of benzene rings is 1. The predicted octanol–water partition coefficient (Wildman–Crippen LogP) is 2.90. The number of hydrogen-bond donors (Lipinski definition) is 1. The van der Waals surface area contributed by atoms with Crippen LogP contribution in [0.2, 0.25) is 0 Å². The van der Waals surface area contributed by atoms with E-state index in [1.54, 1.807) is 0 Å². The minimum atomic E-state index is 0.726. The molecule has 0 fully saturated rings. The van der Waals surface area contributed by atoms with E-state index in [4.69, 9.17) is 5.73 Å². The summed E-state index contributed by atoms with van der Waals surface area (Å²) in [5, 5.41) is 1.80. The molecule has 0 bridgehead atoms. The van der Waals surface area contributed by atoms with Gasteiger partial charge in [-0.15, -0.1) is 11.3 Å². The van der Waals surface area contributed by atoms with Gasteiger partial charge in [0.05, 0.1) is 5.00 Å². The number of rotatable bonds is 1. The second-order valence-electron chi connectivity index (χ2n) is 2.68. The Morgan fingerprint density at radius 3 is 2.85 bits per heavy atom. The number of carbonyl (C=O) groups excluding carboxylic acids is 1. The maximum absolute atomic E-state index is 10.7. The molecule has 1 aromatic carbocycles. The topological polar surface area (TPSA) is 43.1 Å². The SMILES string of the molecule is Nc1cc2cc(I)cc(C=O)c2s1. The van der Waals surface area contributed by atoms with Crippen LogP contribution in [0.25, 0.3) is 10.1 Å². The minimum absolute atomic E-state index is 0.726. The van der Waals surface area contributed by atoms with Crippen LogP contribution in [0.5, 0.6) is 0 Å². The number of halogens is 1. The molecule has 2 rings (SSSR count). The van der Waals surface area contributed by atoms with Gasteiger partial charge in [-0.25, -0.2) is 0 Å². The summed E-state index contributed by atoms with van der Waals surface area (Å²) in [7, 11) is 0. The van der Waals surface area contributed by atoms with Crippen LogP contribution in [0.1, 0.15) is 10.4 Å². The van der Waals surface area contributed by atoms with Gasteiger partial charge in [0, 0.05) is 13.8 Å². The molecule has 0 atom stereocenters. The van der Waals surface area contributed by atoms with E-state index in [2.05, 4.69) is 22.6 Å². The van der Waals surface area contributed by atoms with Crippen molar-refractivity contribution in [3.63, 3.8) is 0 Å². The number of anilines is 1.